The summed E-state index contributed by atoms with van der Waals surface area (Å²) in [6.07, 6.45) is 3.09. The molecule has 0 spiro atoms. The van der Waals surface area contributed by atoms with E-state index in [1.54, 1.807) is 0 Å². The predicted molar refractivity (Wildman–Crippen MR) is 70.9 cm³/mol. The maximum atomic E-state index is 11.8. The maximum absolute atomic E-state index is 11.8. The second-order valence-electron chi connectivity index (χ2n) is 4.96. The zero-order valence-electron chi connectivity index (χ0n) is 11.9. The van der Waals surface area contributed by atoms with Gasteiger partial charge in [0.25, 0.3) is 0 Å². The van der Waals surface area contributed by atoms with Crippen molar-refractivity contribution in [3.63, 3.8) is 0 Å². The third-order valence-corrected chi connectivity index (χ3v) is 2.71. The quantitative estimate of drug-likeness (QED) is 0.641. The van der Waals surface area contributed by atoms with E-state index in [1.807, 2.05) is 20.8 Å². The van der Waals surface area contributed by atoms with Crippen LogP contribution in [0.4, 0.5) is 0 Å². The summed E-state index contributed by atoms with van der Waals surface area (Å²) in [4.78, 5) is 23.4. The van der Waals surface area contributed by atoms with Crippen LogP contribution in [0.5, 0.6) is 0 Å². The lowest BCUT2D eigenvalue weighted by atomic mass is 10.0. The number of nitrogens with one attached hydrogen (secondary N) is 1. The molecule has 0 aliphatic carbocycles. The van der Waals surface area contributed by atoms with Crippen LogP contribution in [0.25, 0.3) is 0 Å². The largest absolute Gasteiger partial charge is 0.467 e. The Balaban J connectivity index is 4.38. The molecule has 18 heavy (non-hydrogen) atoms. The molecule has 0 radical (unpaired) electrons. The Bertz CT molecular complexity index is 267. The molecular formula is C13H26N2O3. The molecule has 0 saturated heterocycles. The van der Waals surface area contributed by atoms with Crippen molar-refractivity contribution < 1.29 is 14.3 Å². The Morgan fingerprint density at radius 3 is 2.39 bits per heavy atom. The van der Waals surface area contributed by atoms with E-state index in [4.69, 9.17) is 5.73 Å². The standard InChI is InChI=1S/C13H26N2O3/c1-5-6-7-10(14)12(16)15-11(8-9(2)3)13(17)18-4/h9-11H,5-8,14H2,1-4H3,(H,15,16)/t10?,11-/m0/s1. The SMILES string of the molecule is CCCCC(N)C(=O)N[C@@H](CC(C)C)C(=O)OC. The third kappa shape index (κ3) is 6.59. The smallest absolute Gasteiger partial charge is 0.328 e. The maximum Gasteiger partial charge on any atom is 0.328 e. The summed E-state index contributed by atoms with van der Waals surface area (Å²) in [5.74, 6) is -0.402. The van der Waals surface area contributed by atoms with Gasteiger partial charge in [-0.1, -0.05) is 33.6 Å². The van der Waals surface area contributed by atoms with Crippen LogP contribution >= 0.6 is 0 Å². The molecule has 0 aromatic rings. The van der Waals surface area contributed by atoms with E-state index in [2.05, 4.69) is 10.1 Å². The molecule has 0 fully saturated rings. The van der Waals surface area contributed by atoms with Crippen LogP contribution in [0, 0.1) is 5.92 Å². The lowest BCUT2D eigenvalue weighted by molar-refractivity contribution is -0.145. The average Bonchev–Trinajstić information content (AvgIpc) is 2.33. The number of amides is 1. The van der Waals surface area contributed by atoms with Crippen LogP contribution in [0.15, 0.2) is 0 Å². The van der Waals surface area contributed by atoms with Gasteiger partial charge in [-0.25, -0.2) is 4.79 Å². The van der Waals surface area contributed by atoms with Crippen molar-refractivity contribution >= 4 is 11.9 Å². The molecule has 0 aromatic heterocycles. The first-order chi connectivity index (χ1) is 8.42. The molecule has 5 nitrogen and oxygen atoms in total. The second-order valence-corrected chi connectivity index (χ2v) is 4.96. The zero-order valence-corrected chi connectivity index (χ0v) is 11.9. The molecule has 2 atom stereocenters. The highest BCUT2D eigenvalue weighted by Crippen LogP contribution is 2.07. The highest BCUT2D eigenvalue weighted by Gasteiger charge is 2.24. The second kappa shape index (κ2) is 8.91. The number of carbonyl (C=O) groups excluding carboxylic acids is 2. The van der Waals surface area contributed by atoms with Gasteiger partial charge >= 0.3 is 5.97 Å². The van der Waals surface area contributed by atoms with E-state index < -0.39 is 18.1 Å². The van der Waals surface area contributed by atoms with Crippen molar-refractivity contribution in [2.75, 3.05) is 7.11 Å². The normalized spacial score (nSPS) is 14.1. The predicted octanol–water partition coefficient (Wildman–Crippen LogP) is 1.21. The molecule has 1 amide bonds. The number of nitrogens with two attached hydrogens (primary N) is 1. The van der Waals surface area contributed by atoms with Gasteiger partial charge in [-0.2, -0.15) is 0 Å². The number of hydrogen-bond acceptors (Lipinski definition) is 4. The first kappa shape index (κ1) is 16.9. The Morgan fingerprint density at radius 2 is 1.94 bits per heavy atom. The van der Waals surface area contributed by atoms with Gasteiger partial charge < -0.3 is 15.8 Å². The van der Waals surface area contributed by atoms with E-state index in [0.717, 1.165) is 12.8 Å². The summed E-state index contributed by atoms with van der Waals surface area (Å²) >= 11 is 0. The Kier molecular flexibility index (Phi) is 8.37. The van der Waals surface area contributed by atoms with Gasteiger partial charge in [0.1, 0.15) is 6.04 Å². The molecule has 0 saturated carbocycles. The lowest BCUT2D eigenvalue weighted by Gasteiger charge is -2.20. The first-order valence-electron chi connectivity index (χ1n) is 6.56. The number of carbonyl (C=O) groups is 2. The van der Waals surface area contributed by atoms with E-state index in [1.165, 1.54) is 7.11 Å². The van der Waals surface area contributed by atoms with Crippen LogP contribution in [0.3, 0.4) is 0 Å². The molecule has 3 N–H and O–H groups in total. The zero-order chi connectivity index (χ0) is 14.1. The summed E-state index contributed by atoms with van der Waals surface area (Å²) in [6, 6.07) is -1.15. The first-order valence-corrected chi connectivity index (χ1v) is 6.56. The van der Waals surface area contributed by atoms with Gasteiger partial charge in [-0.05, 0) is 18.8 Å². The molecule has 5 heteroatoms. The van der Waals surface area contributed by atoms with Gasteiger partial charge in [-0.15, -0.1) is 0 Å². The number of hydrogen-bond donors (Lipinski definition) is 2. The average molecular weight is 258 g/mol. The number of esters is 1. The fourth-order valence-corrected chi connectivity index (χ4v) is 1.66. The topological polar surface area (TPSA) is 81.4 Å². The van der Waals surface area contributed by atoms with Gasteiger partial charge in [-0.3, -0.25) is 4.79 Å². The fraction of sp³-hybridized carbons (Fsp3) is 0.846. The van der Waals surface area contributed by atoms with Crippen molar-refractivity contribution in [2.45, 2.75) is 58.5 Å². The number of ether oxygens (including phenoxy) is 1. The monoisotopic (exact) mass is 258 g/mol. The summed E-state index contributed by atoms with van der Waals surface area (Å²) in [5, 5.41) is 2.67. The fourth-order valence-electron chi connectivity index (χ4n) is 1.66. The molecule has 0 bridgehead atoms. The van der Waals surface area contributed by atoms with E-state index >= 15 is 0 Å². The van der Waals surface area contributed by atoms with Crippen molar-refractivity contribution in [3.8, 4) is 0 Å². The molecule has 0 heterocycles. The van der Waals surface area contributed by atoms with E-state index in [9.17, 15) is 9.59 Å². The highest BCUT2D eigenvalue weighted by molar-refractivity contribution is 5.87. The number of rotatable bonds is 8. The lowest BCUT2D eigenvalue weighted by Crippen LogP contribution is -2.49. The molecule has 0 aromatic carbocycles. The minimum Gasteiger partial charge on any atom is -0.467 e. The van der Waals surface area contributed by atoms with Gasteiger partial charge in [0.15, 0.2) is 0 Å². The van der Waals surface area contributed by atoms with Crippen molar-refractivity contribution in [3.05, 3.63) is 0 Å². The Morgan fingerprint density at radius 1 is 1.33 bits per heavy atom. The molecule has 0 aliphatic heterocycles. The van der Waals surface area contributed by atoms with Gasteiger partial charge in [0.05, 0.1) is 13.2 Å². The minimum absolute atomic E-state index is 0.278. The van der Waals surface area contributed by atoms with Gasteiger partial charge in [0.2, 0.25) is 5.91 Å². The molecule has 106 valence electrons. The van der Waals surface area contributed by atoms with Crippen LogP contribution in [-0.4, -0.2) is 31.1 Å². The van der Waals surface area contributed by atoms with Gasteiger partial charge in [0, 0.05) is 0 Å². The van der Waals surface area contributed by atoms with Crippen LogP contribution in [0.2, 0.25) is 0 Å². The highest BCUT2D eigenvalue weighted by atomic mass is 16.5. The summed E-state index contributed by atoms with van der Waals surface area (Å²) in [5.41, 5.74) is 5.76. The van der Waals surface area contributed by atoms with E-state index in [0.29, 0.717) is 18.8 Å². The molecular weight excluding hydrogens is 232 g/mol. The van der Waals surface area contributed by atoms with E-state index in [-0.39, 0.29) is 5.91 Å². The minimum atomic E-state index is -0.602. The van der Waals surface area contributed by atoms with Crippen molar-refractivity contribution in [1.82, 2.24) is 5.32 Å². The van der Waals surface area contributed by atoms with Crippen molar-refractivity contribution in [1.29, 1.82) is 0 Å². The molecule has 0 aliphatic rings. The number of methoxy groups -OCH3 is 1. The summed E-state index contributed by atoms with van der Waals surface area (Å²) in [6.45, 7) is 6.01. The summed E-state index contributed by atoms with van der Waals surface area (Å²) in [7, 11) is 1.32. The van der Waals surface area contributed by atoms with Crippen LogP contribution in [-0.2, 0) is 14.3 Å². The van der Waals surface area contributed by atoms with Crippen LogP contribution < -0.4 is 11.1 Å². The Labute approximate surface area is 109 Å². The van der Waals surface area contributed by atoms with Crippen molar-refractivity contribution in [2.24, 2.45) is 11.7 Å². The molecule has 1 unspecified atom stereocenters. The molecule has 0 rings (SSSR count). The Hall–Kier alpha value is -1.10. The summed E-state index contributed by atoms with van der Waals surface area (Å²) < 4.78 is 4.68. The number of unbranched alkanes of at least 4 members (excludes halogenated alkanes) is 1. The van der Waals surface area contributed by atoms with Crippen LogP contribution in [0.1, 0.15) is 46.5 Å². The third-order valence-electron chi connectivity index (χ3n) is 2.71.